The van der Waals surface area contributed by atoms with Crippen LogP contribution in [0, 0.1) is 0 Å². The Kier molecular flexibility index (Phi) is 3.27. The van der Waals surface area contributed by atoms with Crippen LogP contribution >= 0.6 is 0 Å². The average molecular weight is 246 g/mol. The molecule has 0 unspecified atom stereocenters. The van der Waals surface area contributed by atoms with E-state index >= 15 is 0 Å². The Morgan fingerprint density at radius 2 is 2.00 bits per heavy atom. The normalized spacial score (nSPS) is 23.2. The van der Waals surface area contributed by atoms with Gasteiger partial charge >= 0.3 is 0 Å². The lowest BCUT2D eigenvalue weighted by molar-refractivity contribution is 0.183. The summed E-state index contributed by atoms with van der Waals surface area (Å²) in [7, 11) is 0. The fraction of sp³-hybridized carbons (Fsp3) is 0.600. The van der Waals surface area contributed by atoms with Gasteiger partial charge in [0.2, 0.25) is 0 Å². The van der Waals surface area contributed by atoms with Crippen LogP contribution in [0.4, 0.5) is 0 Å². The number of nitrogens with two attached hydrogens (primary N) is 1. The second kappa shape index (κ2) is 4.90. The van der Waals surface area contributed by atoms with Gasteiger partial charge in [0, 0.05) is 30.7 Å². The third-order valence-electron chi connectivity index (χ3n) is 4.17. The minimum absolute atomic E-state index is 0.0410. The van der Waals surface area contributed by atoms with Crippen molar-refractivity contribution in [3.8, 4) is 5.75 Å². The molecule has 0 bridgehead atoms. The molecule has 0 radical (unpaired) electrons. The molecular weight excluding hydrogens is 224 g/mol. The Hall–Kier alpha value is -1.06. The summed E-state index contributed by atoms with van der Waals surface area (Å²) in [6.07, 6.45) is 4.92. The highest BCUT2D eigenvalue weighted by Crippen LogP contribution is 2.30. The van der Waals surface area contributed by atoms with Crippen LogP contribution < -0.4 is 10.5 Å². The lowest BCUT2D eigenvalue weighted by Crippen LogP contribution is -2.48. The molecule has 3 rings (SSSR count). The van der Waals surface area contributed by atoms with Crippen LogP contribution in [-0.4, -0.2) is 30.1 Å². The molecule has 0 amide bonds. The highest BCUT2D eigenvalue weighted by molar-refractivity contribution is 5.33. The predicted molar refractivity (Wildman–Crippen MR) is 72.6 cm³/mol. The fourth-order valence-electron chi connectivity index (χ4n) is 3.20. The van der Waals surface area contributed by atoms with Crippen molar-refractivity contribution in [2.45, 2.75) is 37.8 Å². The molecule has 1 fully saturated rings. The minimum atomic E-state index is 0.0410. The third-order valence-corrected chi connectivity index (χ3v) is 4.17. The van der Waals surface area contributed by atoms with Crippen LogP contribution in [0.15, 0.2) is 24.3 Å². The van der Waals surface area contributed by atoms with E-state index in [4.69, 9.17) is 10.5 Å². The molecule has 1 aromatic carbocycles. The van der Waals surface area contributed by atoms with Crippen LogP contribution in [0.2, 0.25) is 0 Å². The van der Waals surface area contributed by atoms with Crippen molar-refractivity contribution in [1.82, 2.24) is 4.90 Å². The van der Waals surface area contributed by atoms with E-state index < -0.39 is 0 Å². The first-order chi connectivity index (χ1) is 8.75. The highest BCUT2D eigenvalue weighted by atomic mass is 16.5. The van der Waals surface area contributed by atoms with Crippen molar-refractivity contribution in [3.63, 3.8) is 0 Å². The number of benzene rings is 1. The van der Waals surface area contributed by atoms with E-state index in [9.17, 15) is 0 Å². The van der Waals surface area contributed by atoms with E-state index in [0.717, 1.165) is 32.0 Å². The zero-order valence-corrected chi connectivity index (χ0v) is 10.9. The molecule has 0 saturated heterocycles. The van der Waals surface area contributed by atoms with E-state index in [1.807, 2.05) is 6.07 Å². The number of hydrogen-bond acceptors (Lipinski definition) is 3. The summed E-state index contributed by atoms with van der Waals surface area (Å²) in [4.78, 5) is 2.46. The summed E-state index contributed by atoms with van der Waals surface area (Å²) < 4.78 is 5.79. The van der Waals surface area contributed by atoms with Gasteiger partial charge < -0.3 is 10.5 Å². The van der Waals surface area contributed by atoms with Gasteiger partial charge in [-0.25, -0.2) is 0 Å². The first-order valence-corrected chi connectivity index (χ1v) is 6.97. The molecule has 98 valence electrons. The second-order valence-electron chi connectivity index (χ2n) is 5.74. The van der Waals surface area contributed by atoms with Gasteiger partial charge in [-0.2, -0.15) is 0 Å². The Morgan fingerprint density at radius 3 is 2.83 bits per heavy atom. The number of rotatable bonds is 2. The molecule has 1 saturated carbocycles. The third kappa shape index (κ3) is 2.52. The molecule has 1 heterocycles. The lowest BCUT2D eigenvalue weighted by Gasteiger charge is -2.31. The molecular formula is C15H22N2O. The smallest absolute Gasteiger partial charge is 0.123 e. The molecule has 1 aromatic rings. The van der Waals surface area contributed by atoms with E-state index in [0.29, 0.717) is 0 Å². The minimum Gasteiger partial charge on any atom is -0.492 e. The number of fused-ring (bicyclic) bond motifs is 1. The molecule has 0 spiro atoms. The molecule has 1 aliphatic heterocycles. The van der Waals surface area contributed by atoms with Crippen LogP contribution in [0.3, 0.4) is 0 Å². The maximum Gasteiger partial charge on any atom is 0.123 e. The van der Waals surface area contributed by atoms with Gasteiger partial charge in [0.25, 0.3) is 0 Å². The predicted octanol–water partition coefficient (Wildman–Crippen LogP) is 2.15. The lowest BCUT2D eigenvalue weighted by atomic mass is 9.98. The molecule has 0 atom stereocenters. The Labute approximate surface area is 109 Å². The Balaban J connectivity index is 1.71. The van der Waals surface area contributed by atoms with E-state index in [2.05, 4.69) is 23.1 Å². The van der Waals surface area contributed by atoms with Gasteiger partial charge in [-0.05, 0) is 18.9 Å². The maximum atomic E-state index is 6.48. The quantitative estimate of drug-likeness (QED) is 0.869. The van der Waals surface area contributed by atoms with E-state index in [1.54, 1.807) is 0 Å². The first kappa shape index (κ1) is 12.0. The van der Waals surface area contributed by atoms with Gasteiger partial charge in [0.1, 0.15) is 12.4 Å². The van der Waals surface area contributed by atoms with Crippen molar-refractivity contribution in [2.24, 2.45) is 5.73 Å². The van der Waals surface area contributed by atoms with Crippen molar-refractivity contribution in [1.29, 1.82) is 0 Å². The second-order valence-corrected chi connectivity index (χ2v) is 5.74. The van der Waals surface area contributed by atoms with Gasteiger partial charge in [-0.3, -0.25) is 4.90 Å². The molecule has 2 aliphatic rings. The molecule has 0 aromatic heterocycles. The fourth-order valence-corrected chi connectivity index (χ4v) is 3.20. The molecule has 3 nitrogen and oxygen atoms in total. The summed E-state index contributed by atoms with van der Waals surface area (Å²) in [6, 6.07) is 8.34. The molecule has 1 aliphatic carbocycles. The van der Waals surface area contributed by atoms with Crippen molar-refractivity contribution in [2.75, 3.05) is 19.7 Å². The maximum absolute atomic E-state index is 6.48. The number of ether oxygens (including phenoxy) is 1. The largest absolute Gasteiger partial charge is 0.492 e. The molecule has 2 N–H and O–H groups in total. The summed E-state index contributed by atoms with van der Waals surface area (Å²) in [5.41, 5.74) is 7.81. The molecule has 3 heteroatoms. The van der Waals surface area contributed by atoms with E-state index in [-0.39, 0.29) is 5.54 Å². The summed E-state index contributed by atoms with van der Waals surface area (Å²) in [5.74, 6) is 1.04. The van der Waals surface area contributed by atoms with Crippen LogP contribution in [0.1, 0.15) is 31.2 Å². The monoisotopic (exact) mass is 246 g/mol. The topological polar surface area (TPSA) is 38.5 Å². The van der Waals surface area contributed by atoms with Crippen molar-refractivity contribution in [3.05, 3.63) is 29.8 Å². The standard InChI is InChI=1S/C15H22N2O/c16-15(7-3-4-8-15)12-17-9-10-18-14-6-2-1-5-13(14)11-17/h1-2,5-6H,3-4,7-12,16H2. The van der Waals surface area contributed by atoms with Crippen LogP contribution in [0.25, 0.3) is 0 Å². The van der Waals surface area contributed by atoms with Gasteiger partial charge in [0.15, 0.2) is 0 Å². The van der Waals surface area contributed by atoms with Gasteiger partial charge in [-0.1, -0.05) is 31.0 Å². The zero-order chi connectivity index (χ0) is 12.4. The van der Waals surface area contributed by atoms with Crippen molar-refractivity contribution < 1.29 is 4.74 Å². The van der Waals surface area contributed by atoms with Crippen LogP contribution in [-0.2, 0) is 6.54 Å². The number of nitrogens with zero attached hydrogens (tertiary/aromatic N) is 1. The Morgan fingerprint density at radius 1 is 1.22 bits per heavy atom. The summed E-state index contributed by atoms with van der Waals surface area (Å²) in [6.45, 7) is 3.72. The Bertz CT molecular complexity index is 413. The van der Waals surface area contributed by atoms with Gasteiger partial charge in [-0.15, -0.1) is 0 Å². The average Bonchev–Trinajstić information content (AvgIpc) is 2.68. The highest BCUT2D eigenvalue weighted by Gasteiger charge is 2.32. The summed E-state index contributed by atoms with van der Waals surface area (Å²) in [5, 5.41) is 0. The van der Waals surface area contributed by atoms with Gasteiger partial charge in [0.05, 0.1) is 0 Å². The number of hydrogen-bond donors (Lipinski definition) is 1. The SMILES string of the molecule is NC1(CN2CCOc3ccccc3C2)CCCC1. The van der Waals surface area contributed by atoms with Crippen molar-refractivity contribution >= 4 is 0 Å². The van der Waals surface area contributed by atoms with E-state index in [1.165, 1.54) is 31.2 Å². The number of para-hydroxylation sites is 1. The van der Waals surface area contributed by atoms with Crippen LogP contribution in [0.5, 0.6) is 5.75 Å². The molecule has 18 heavy (non-hydrogen) atoms. The first-order valence-electron chi connectivity index (χ1n) is 6.97. The zero-order valence-electron chi connectivity index (χ0n) is 10.9. The summed E-state index contributed by atoms with van der Waals surface area (Å²) >= 11 is 0.